The molecule has 0 spiro atoms. The van der Waals surface area contributed by atoms with Crippen LogP contribution in [0.4, 0.5) is 9.18 Å². The van der Waals surface area contributed by atoms with Crippen LogP contribution in [0.2, 0.25) is 0 Å². The Labute approximate surface area is 112 Å². The van der Waals surface area contributed by atoms with Crippen LogP contribution < -0.4 is 0 Å². The van der Waals surface area contributed by atoms with E-state index in [2.05, 4.69) is 0 Å². The Balaban J connectivity index is 2.23. The Morgan fingerprint density at radius 3 is 2.79 bits per heavy atom. The van der Waals surface area contributed by atoms with Crippen molar-refractivity contribution in [3.05, 3.63) is 35.6 Å². The van der Waals surface area contributed by atoms with Gasteiger partial charge in [0.25, 0.3) is 0 Å². The molecule has 1 saturated heterocycles. The fourth-order valence-electron chi connectivity index (χ4n) is 2.20. The molecule has 1 aromatic rings. The maximum Gasteiger partial charge on any atom is 0.410 e. The van der Waals surface area contributed by atoms with E-state index in [0.29, 0.717) is 12.2 Å². The Hall–Kier alpha value is -1.62. The van der Waals surface area contributed by atoms with Gasteiger partial charge in [0.15, 0.2) is 0 Å². The van der Waals surface area contributed by atoms with Crippen molar-refractivity contribution in [2.75, 3.05) is 20.3 Å². The quantitative estimate of drug-likeness (QED) is 0.785. The Bertz CT molecular complexity index is 476. The summed E-state index contributed by atoms with van der Waals surface area (Å²) in [5, 5.41) is 0. The van der Waals surface area contributed by atoms with Crippen LogP contribution in [0.3, 0.4) is 0 Å². The van der Waals surface area contributed by atoms with Crippen molar-refractivity contribution in [3.8, 4) is 0 Å². The average molecular weight is 267 g/mol. The molecule has 5 heteroatoms. The van der Waals surface area contributed by atoms with Crippen LogP contribution in [0.1, 0.15) is 25.5 Å². The van der Waals surface area contributed by atoms with E-state index in [0.717, 1.165) is 0 Å². The molecular weight excluding hydrogens is 249 g/mol. The molecule has 0 saturated carbocycles. The molecular formula is C14H18FNO3. The second-order valence-electron chi connectivity index (χ2n) is 5.21. The molecule has 1 fully saturated rings. The number of nitrogens with zero attached hydrogens (tertiary/aromatic N) is 1. The lowest BCUT2D eigenvalue weighted by atomic mass is 9.98. The SMILES string of the molecule is COC(=O)N1CC(c2ccccc2F)OCC1(C)C. The molecule has 0 aliphatic carbocycles. The monoisotopic (exact) mass is 267 g/mol. The van der Waals surface area contributed by atoms with E-state index in [-0.39, 0.29) is 12.4 Å². The molecule has 1 atom stereocenters. The van der Waals surface area contributed by atoms with E-state index in [1.807, 2.05) is 13.8 Å². The molecule has 104 valence electrons. The highest BCUT2D eigenvalue weighted by molar-refractivity contribution is 5.68. The number of amides is 1. The normalized spacial score (nSPS) is 22.1. The van der Waals surface area contributed by atoms with Crippen molar-refractivity contribution >= 4 is 6.09 Å². The number of benzene rings is 1. The maximum absolute atomic E-state index is 13.8. The molecule has 0 bridgehead atoms. The van der Waals surface area contributed by atoms with E-state index >= 15 is 0 Å². The topological polar surface area (TPSA) is 38.8 Å². The molecule has 0 aromatic heterocycles. The third-order valence-corrected chi connectivity index (χ3v) is 3.36. The number of morpholine rings is 1. The van der Waals surface area contributed by atoms with Gasteiger partial charge < -0.3 is 9.47 Å². The van der Waals surface area contributed by atoms with Crippen molar-refractivity contribution in [2.45, 2.75) is 25.5 Å². The zero-order chi connectivity index (χ0) is 14.0. The largest absolute Gasteiger partial charge is 0.453 e. The van der Waals surface area contributed by atoms with Crippen molar-refractivity contribution in [1.82, 2.24) is 4.90 Å². The fraction of sp³-hybridized carbons (Fsp3) is 0.500. The summed E-state index contributed by atoms with van der Waals surface area (Å²) in [6, 6.07) is 6.45. The number of halogens is 1. The summed E-state index contributed by atoms with van der Waals surface area (Å²) in [5.41, 5.74) is 0.00128. The van der Waals surface area contributed by atoms with Gasteiger partial charge >= 0.3 is 6.09 Å². The van der Waals surface area contributed by atoms with Crippen LogP contribution >= 0.6 is 0 Å². The first-order valence-electron chi connectivity index (χ1n) is 6.17. The highest BCUT2D eigenvalue weighted by Gasteiger charge is 2.39. The summed E-state index contributed by atoms with van der Waals surface area (Å²) in [6.07, 6.45) is -0.886. The first-order valence-corrected chi connectivity index (χ1v) is 6.17. The second kappa shape index (κ2) is 5.17. The van der Waals surface area contributed by atoms with Gasteiger partial charge in [-0.05, 0) is 19.9 Å². The number of carbonyl (C=O) groups is 1. The molecule has 19 heavy (non-hydrogen) atoms. The number of methoxy groups -OCH3 is 1. The molecule has 4 nitrogen and oxygen atoms in total. The number of rotatable bonds is 1. The summed E-state index contributed by atoms with van der Waals surface area (Å²) in [5.74, 6) is -0.322. The van der Waals surface area contributed by atoms with Crippen LogP contribution in [0, 0.1) is 5.82 Å². The standard InChI is InChI=1S/C14H18FNO3/c1-14(2)9-19-12(8-16(14)13(17)18-3)10-6-4-5-7-11(10)15/h4-7,12H,8-9H2,1-3H3. The molecule has 2 rings (SSSR count). The van der Waals surface area contributed by atoms with Crippen molar-refractivity contribution < 1.29 is 18.7 Å². The second-order valence-corrected chi connectivity index (χ2v) is 5.21. The minimum absolute atomic E-state index is 0.278. The van der Waals surface area contributed by atoms with Gasteiger partial charge in [-0.2, -0.15) is 0 Å². The van der Waals surface area contributed by atoms with Gasteiger partial charge in [0.1, 0.15) is 11.9 Å². The molecule has 0 radical (unpaired) electrons. The van der Waals surface area contributed by atoms with Gasteiger partial charge in [-0.1, -0.05) is 18.2 Å². The predicted octanol–water partition coefficient (Wildman–Crippen LogP) is 2.74. The van der Waals surface area contributed by atoms with E-state index < -0.39 is 17.7 Å². The smallest absolute Gasteiger partial charge is 0.410 e. The van der Waals surface area contributed by atoms with E-state index in [9.17, 15) is 9.18 Å². The Morgan fingerprint density at radius 1 is 1.47 bits per heavy atom. The van der Waals surface area contributed by atoms with Crippen LogP contribution in [0.5, 0.6) is 0 Å². The maximum atomic E-state index is 13.8. The zero-order valence-corrected chi connectivity index (χ0v) is 11.4. The number of hydrogen-bond acceptors (Lipinski definition) is 3. The zero-order valence-electron chi connectivity index (χ0n) is 11.4. The molecule has 1 unspecified atom stereocenters. The van der Waals surface area contributed by atoms with Gasteiger partial charge in [0.2, 0.25) is 0 Å². The summed E-state index contributed by atoms with van der Waals surface area (Å²) in [4.78, 5) is 13.4. The van der Waals surface area contributed by atoms with Crippen LogP contribution in [-0.2, 0) is 9.47 Å². The van der Waals surface area contributed by atoms with Crippen molar-refractivity contribution in [1.29, 1.82) is 0 Å². The summed E-state index contributed by atoms with van der Waals surface area (Å²) in [7, 11) is 1.34. The van der Waals surface area contributed by atoms with Crippen LogP contribution in [-0.4, -0.2) is 36.8 Å². The summed E-state index contributed by atoms with van der Waals surface area (Å²) < 4.78 is 24.2. The summed E-state index contributed by atoms with van der Waals surface area (Å²) in [6.45, 7) is 4.39. The summed E-state index contributed by atoms with van der Waals surface area (Å²) >= 11 is 0. The van der Waals surface area contributed by atoms with E-state index in [1.165, 1.54) is 13.2 Å². The van der Waals surface area contributed by atoms with Crippen LogP contribution in [0.15, 0.2) is 24.3 Å². The van der Waals surface area contributed by atoms with Gasteiger partial charge in [-0.3, -0.25) is 4.90 Å². The minimum atomic E-state index is -0.465. The van der Waals surface area contributed by atoms with Crippen molar-refractivity contribution in [2.24, 2.45) is 0 Å². The highest BCUT2D eigenvalue weighted by atomic mass is 19.1. The minimum Gasteiger partial charge on any atom is -0.453 e. The van der Waals surface area contributed by atoms with Gasteiger partial charge in [0.05, 0.1) is 25.8 Å². The van der Waals surface area contributed by atoms with Gasteiger partial charge in [-0.15, -0.1) is 0 Å². The van der Waals surface area contributed by atoms with E-state index in [1.54, 1.807) is 23.1 Å². The van der Waals surface area contributed by atoms with Gasteiger partial charge in [-0.25, -0.2) is 9.18 Å². The Morgan fingerprint density at radius 2 is 2.16 bits per heavy atom. The van der Waals surface area contributed by atoms with Crippen LogP contribution in [0.25, 0.3) is 0 Å². The lowest BCUT2D eigenvalue weighted by Crippen LogP contribution is -2.56. The third-order valence-electron chi connectivity index (χ3n) is 3.36. The fourth-order valence-corrected chi connectivity index (χ4v) is 2.20. The van der Waals surface area contributed by atoms with Crippen molar-refractivity contribution in [3.63, 3.8) is 0 Å². The Kier molecular flexibility index (Phi) is 3.75. The molecule has 0 N–H and O–H groups in total. The lowest BCUT2D eigenvalue weighted by molar-refractivity contribution is -0.0908. The first kappa shape index (κ1) is 13.8. The van der Waals surface area contributed by atoms with Gasteiger partial charge in [0, 0.05) is 5.56 Å². The third kappa shape index (κ3) is 2.71. The number of hydrogen-bond donors (Lipinski definition) is 0. The molecule has 1 aliphatic heterocycles. The lowest BCUT2D eigenvalue weighted by Gasteiger charge is -2.44. The average Bonchev–Trinajstić information content (AvgIpc) is 2.39. The molecule has 1 amide bonds. The number of ether oxygens (including phenoxy) is 2. The molecule has 1 aromatic carbocycles. The first-order chi connectivity index (χ1) is 8.95. The number of carbonyl (C=O) groups excluding carboxylic acids is 1. The predicted molar refractivity (Wildman–Crippen MR) is 68.3 cm³/mol. The molecule has 1 heterocycles. The molecule has 1 aliphatic rings. The highest BCUT2D eigenvalue weighted by Crippen LogP contribution is 2.31. The van der Waals surface area contributed by atoms with E-state index in [4.69, 9.17) is 9.47 Å².